The molecule has 0 saturated heterocycles. The van der Waals surface area contributed by atoms with E-state index in [1.807, 2.05) is 30.1 Å². The molecule has 0 saturated carbocycles. The van der Waals surface area contributed by atoms with Crippen molar-refractivity contribution < 1.29 is 13.2 Å². The van der Waals surface area contributed by atoms with Crippen molar-refractivity contribution >= 4 is 51.6 Å². The van der Waals surface area contributed by atoms with Crippen molar-refractivity contribution in [1.29, 1.82) is 0 Å². The number of guanidine groups is 1. The van der Waals surface area contributed by atoms with Crippen LogP contribution in [0.25, 0.3) is 0 Å². The van der Waals surface area contributed by atoms with Gasteiger partial charge in [-0.2, -0.15) is 0 Å². The molecule has 0 fully saturated rings. The summed E-state index contributed by atoms with van der Waals surface area (Å²) in [6, 6.07) is 14.0. The second kappa shape index (κ2) is 12.2. The van der Waals surface area contributed by atoms with Crippen LogP contribution >= 0.6 is 35.6 Å². The van der Waals surface area contributed by atoms with Crippen LogP contribution in [0.2, 0.25) is 5.02 Å². The number of benzene rings is 2. The predicted molar refractivity (Wildman–Crippen MR) is 128 cm³/mol. The lowest BCUT2D eigenvalue weighted by Gasteiger charge is -2.22. The number of hydrogen-bond donors (Lipinski definition) is 2. The third kappa shape index (κ3) is 8.00. The first-order valence-electron chi connectivity index (χ1n) is 8.68. The summed E-state index contributed by atoms with van der Waals surface area (Å²) in [4.78, 5) is 6.42. The zero-order chi connectivity index (χ0) is 20.6. The standard InChI is InChI=1S/C19H25ClN4O3S.HI/c1-21-19(24(3)11-12-27-17-9-7-16(20)8-10-17)23-14-15-5-4-6-18(13-15)28(25,26)22-2;/h4-10,13,22H,11-12,14H2,1-3H3,(H,21,23);1H. The van der Waals surface area contributed by atoms with Crippen molar-refractivity contribution in [2.45, 2.75) is 11.4 Å². The van der Waals surface area contributed by atoms with Gasteiger partial charge in [0.1, 0.15) is 12.4 Å². The lowest BCUT2D eigenvalue weighted by Crippen LogP contribution is -2.40. The molecule has 0 aromatic heterocycles. The van der Waals surface area contributed by atoms with Crippen LogP contribution in [0.3, 0.4) is 0 Å². The van der Waals surface area contributed by atoms with Gasteiger partial charge in [-0.3, -0.25) is 4.99 Å². The average Bonchev–Trinajstić information content (AvgIpc) is 2.70. The predicted octanol–water partition coefficient (Wildman–Crippen LogP) is 2.95. The van der Waals surface area contributed by atoms with Crippen molar-refractivity contribution in [3.05, 3.63) is 59.1 Å². The molecule has 2 aromatic carbocycles. The Kier molecular flexibility index (Phi) is 10.7. The number of halogens is 2. The molecule has 0 amide bonds. The number of aliphatic imine (C=N–C) groups is 1. The van der Waals surface area contributed by atoms with Gasteiger partial charge in [0.2, 0.25) is 10.0 Å². The topological polar surface area (TPSA) is 83.0 Å². The lowest BCUT2D eigenvalue weighted by molar-refractivity contribution is 0.281. The maximum Gasteiger partial charge on any atom is 0.240 e. The van der Waals surface area contributed by atoms with Gasteiger partial charge in [0.05, 0.1) is 11.4 Å². The number of likely N-dealkylation sites (N-methyl/N-ethyl adjacent to an activating group) is 1. The molecule has 7 nitrogen and oxygen atoms in total. The Morgan fingerprint density at radius 2 is 1.90 bits per heavy atom. The second-order valence-corrected chi connectivity index (χ2v) is 8.30. The Hall–Kier alpha value is -1.56. The Balaban J connectivity index is 0.00000420. The first kappa shape index (κ1) is 25.5. The molecule has 160 valence electrons. The van der Waals surface area contributed by atoms with Crippen LogP contribution in [-0.2, 0) is 16.6 Å². The molecule has 0 bridgehead atoms. The lowest BCUT2D eigenvalue weighted by atomic mass is 10.2. The van der Waals surface area contributed by atoms with Crippen LogP contribution in [0, 0.1) is 0 Å². The molecule has 10 heteroatoms. The quantitative estimate of drug-likeness (QED) is 0.299. The van der Waals surface area contributed by atoms with Crippen LogP contribution in [-0.4, -0.2) is 53.6 Å². The molecule has 0 aliphatic heterocycles. The highest BCUT2D eigenvalue weighted by Gasteiger charge is 2.12. The van der Waals surface area contributed by atoms with E-state index in [9.17, 15) is 8.42 Å². The summed E-state index contributed by atoms with van der Waals surface area (Å²) in [7, 11) is 1.53. The molecule has 2 aromatic rings. The molecular formula is C19H26ClIN4O3S. The summed E-state index contributed by atoms with van der Waals surface area (Å²) in [5.74, 6) is 1.44. The summed E-state index contributed by atoms with van der Waals surface area (Å²) >= 11 is 5.86. The largest absolute Gasteiger partial charge is 0.492 e. The van der Waals surface area contributed by atoms with Crippen LogP contribution in [0.15, 0.2) is 58.4 Å². The number of nitrogens with one attached hydrogen (secondary N) is 2. The Bertz CT molecular complexity index is 908. The van der Waals surface area contributed by atoms with Gasteiger partial charge in [-0.05, 0) is 49.0 Å². The highest BCUT2D eigenvalue weighted by atomic mass is 127. The van der Waals surface area contributed by atoms with E-state index in [1.54, 1.807) is 37.4 Å². The molecule has 0 heterocycles. The third-order valence-electron chi connectivity index (χ3n) is 4.01. The van der Waals surface area contributed by atoms with Gasteiger partial charge in [-0.1, -0.05) is 23.7 Å². The van der Waals surface area contributed by atoms with Crippen molar-refractivity contribution in [3.63, 3.8) is 0 Å². The Morgan fingerprint density at radius 1 is 1.21 bits per heavy atom. The SMILES string of the molecule is CN=C(NCc1cccc(S(=O)(=O)NC)c1)N(C)CCOc1ccc(Cl)cc1.I. The van der Waals surface area contributed by atoms with Crippen LogP contribution < -0.4 is 14.8 Å². The first-order chi connectivity index (χ1) is 13.4. The van der Waals surface area contributed by atoms with Gasteiger partial charge in [0, 0.05) is 25.7 Å². The van der Waals surface area contributed by atoms with Crippen LogP contribution in [0.1, 0.15) is 5.56 Å². The summed E-state index contributed by atoms with van der Waals surface area (Å²) < 4.78 is 31.9. The van der Waals surface area contributed by atoms with E-state index in [2.05, 4.69) is 15.0 Å². The normalized spacial score (nSPS) is 11.5. The molecule has 0 aliphatic rings. The summed E-state index contributed by atoms with van der Waals surface area (Å²) in [5, 5.41) is 3.89. The fourth-order valence-electron chi connectivity index (χ4n) is 2.44. The van der Waals surface area contributed by atoms with Crippen LogP contribution in [0.4, 0.5) is 0 Å². The Labute approximate surface area is 194 Å². The zero-order valence-electron chi connectivity index (χ0n) is 16.6. The smallest absolute Gasteiger partial charge is 0.240 e. The van der Waals surface area contributed by atoms with E-state index in [0.29, 0.717) is 30.7 Å². The van der Waals surface area contributed by atoms with Crippen molar-refractivity contribution in [2.75, 3.05) is 34.3 Å². The van der Waals surface area contributed by atoms with Gasteiger partial charge >= 0.3 is 0 Å². The number of ether oxygens (including phenoxy) is 1. The summed E-state index contributed by atoms with van der Waals surface area (Å²) in [6.07, 6.45) is 0. The number of sulfonamides is 1. The molecule has 0 atom stereocenters. The van der Waals surface area contributed by atoms with Crippen molar-refractivity contribution in [1.82, 2.24) is 14.9 Å². The summed E-state index contributed by atoms with van der Waals surface area (Å²) in [6.45, 7) is 1.55. The van der Waals surface area contributed by atoms with E-state index in [0.717, 1.165) is 11.3 Å². The minimum absolute atomic E-state index is 0. The molecule has 0 aliphatic carbocycles. The molecule has 2 N–H and O–H groups in total. The molecular weight excluding hydrogens is 527 g/mol. The second-order valence-electron chi connectivity index (χ2n) is 5.98. The van der Waals surface area contributed by atoms with E-state index in [4.69, 9.17) is 16.3 Å². The van der Waals surface area contributed by atoms with Crippen molar-refractivity contribution in [3.8, 4) is 5.75 Å². The summed E-state index contributed by atoms with van der Waals surface area (Å²) in [5.41, 5.74) is 0.836. The number of rotatable bonds is 8. The molecule has 0 radical (unpaired) electrons. The van der Waals surface area contributed by atoms with E-state index in [1.165, 1.54) is 7.05 Å². The zero-order valence-corrected chi connectivity index (χ0v) is 20.5. The highest BCUT2D eigenvalue weighted by molar-refractivity contribution is 14.0. The molecule has 0 unspecified atom stereocenters. The third-order valence-corrected chi connectivity index (χ3v) is 5.67. The van der Waals surface area contributed by atoms with Gasteiger partial charge in [0.25, 0.3) is 0 Å². The van der Waals surface area contributed by atoms with E-state index >= 15 is 0 Å². The fourth-order valence-corrected chi connectivity index (χ4v) is 3.37. The average molecular weight is 553 g/mol. The van der Waals surface area contributed by atoms with Gasteiger partial charge in [0.15, 0.2) is 5.96 Å². The van der Waals surface area contributed by atoms with E-state index in [-0.39, 0.29) is 28.9 Å². The van der Waals surface area contributed by atoms with E-state index < -0.39 is 10.0 Å². The van der Waals surface area contributed by atoms with Crippen molar-refractivity contribution in [2.24, 2.45) is 4.99 Å². The van der Waals surface area contributed by atoms with Gasteiger partial charge < -0.3 is 15.0 Å². The Morgan fingerprint density at radius 3 is 2.52 bits per heavy atom. The monoisotopic (exact) mass is 552 g/mol. The minimum Gasteiger partial charge on any atom is -0.492 e. The van der Waals surface area contributed by atoms with Crippen LogP contribution in [0.5, 0.6) is 5.75 Å². The first-order valence-corrected chi connectivity index (χ1v) is 10.5. The highest BCUT2D eigenvalue weighted by Crippen LogP contribution is 2.15. The number of nitrogens with zero attached hydrogens (tertiary/aromatic N) is 2. The maximum atomic E-state index is 11.9. The molecule has 29 heavy (non-hydrogen) atoms. The molecule has 2 rings (SSSR count). The minimum atomic E-state index is -3.47. The van der Waals surface area contributed by atoms with Gasteiger partial charge in [-0.25, -0.2) is 13.1 Å². The molecule has 0 spiro atoms. The maximum absolute atomic E-state index is 11.9. The van der Waals surface area contributed by atoms with Gasteiger partial charge in [-0.15, -0.1) is 24.0 Å². The number of hydrogen-bond acceptors (Lipinski definition) is 4. The fraction of sp³-hybridized carbons (Fsp3) is 0.316.